The van der Waals surface area contributed by atoms with Gasteiger partial charge in [-0.25, -0.2) is 0 Å². The highest BCUT2D eigenvalue weighted by Crippen LogP contribution is 2.27. The smallest absolute Gasteiger partial charge is 0.246 e. The van der Waals surface area contributed by atoms with Crippen LogP contribution in [0.1, 0.15) is 18.1 Å². The molecule has 2 rings (SSSR count). The highest BCUT2D eigenvalue weighted by molar-refractivity contribution is 5.97. The molecule has 5 heteroatoms. The zero-order valence-corrected chi connectivity index (χ0v) is 14.2. The van der Waals surface area contributed by atoms with Gasteiger partial charge in [0.15, 0.2) is 11.5 Å². The zero-order chi connectivity index (χ0) is 17.4. The van der Waals surface area contributed by atoms with Crippen molar-refractivity contribution in [2.75, 3.05) is 20.8 Å². The van der Waals surface area contributed by atoms with E-state index in [9.17, 15) is 4.79 Å². The summed E-state index contributed by atoms with van der Waals surface area (Å²) >= 11 is 0. The fourth-order valence-corrected chi connectivity index (χ4v) is 2.27. The van der Waals surface area contributed by atoms with Crippen molar-refractivity contribution in [1.29, 1.82) is 0 Å². The molecule has 0 spiro atoms. The molecule has 1 heterocycles. The Balaban J connectivity index is 1.89. The number of pyridine rings is 1. The monoisotopic (exact) mass is 326 g/mol. The predicted octanol–water partition coefficient (Wildman–Crippen LogP) is 2.86. The molecular weight excluding hydrogens is 304 g/mol. The van der Waals surface area contributed by atoms with E-state index >= 15 is 0 Å². The van der Waals surface area contributed by atoms with Crippen molar-refractivity contribution in [1.82, 2.24) is 10.3 Å². The number of nitrogens with zero attached hydrogens (tertiary/aromatic N) is 1. The van der Waals surface area contributed by atoms with Gasteiger partial charge in [-0.3, -0.25) is 9.78 Å². The maximum Gasteiger partial charge on any atom is 0.246 e. The van der Waals surface area contributed by atoms with Crippen LogP contribution >= 0.6 is 0 Å². The molecule has 1 aromatic heterocycles. The first-order chi connectivity index (χ1) is 11.6. The molecule has 2 aromatic rings. The van der Waals surface area contributed by atoms with Crippen LogP contribution in [0.25, 0.3) is 6.08 Å². The number of methoxy groups -OCH3 is 2. The lowest BCUT2D eigenvalue weighted by atomic mass is 10.1. The van der Waals surface area contributed by atoms with Gasteiger partial charge in [0.25, 0.3) is 0 Å². The van der Waals surface area contributed by atoms with Crippen LogP contribution in [0.3, 0.4) is 0 Å². The first kappa shape index (κ1) is 17.5. The molecule has 0 aliphatic heterocycles. The Bertz CT molecular complexity index is 712. The Morgan fingerprint density at radius 2 is 2.00 bits per heavy atom. The number of carbonyl (C=O) groups excluding carboxylic acids is 1. The molecule has 1 aromatic carbocycles. The molecule has 0 unspecified atom stereocenters. The van der Waals surface area contributed by atoms with E-state index < -0.39 is 0 Å². The van der Waals surface area contributed by atoms with Gasteiger partial charge in [-0.2, -0.15) is 0 Å². The molecule has 0 fully saturated rings. The van der Waals surface area contributed by atoms with E-state index in [0.717, 1.165) is 11.1 Å². The van der Waals surface area contributed by atoms with Crippen LogP contribution in [0.4, 0.5) is 0 Å². The molecule has 1 amide bonds. The number of hydrogen-bond acceptors (Lipinski definition) is 4. The molecule has 0 saturated carbocycles. The van der Waals surface area contributed by atoms with Gasteiger partial charge in [-0.15, -0.1) is 0 Å². The molecule has 0 saturated heterocycles. The topological polar surface area (TPSA) is 60.5 Å². The van der Waals surface area contributed by atoms with E-state index in [0.29, 0.717) is 30.0 Å². The van der Waals surface area contributed by atoms with Gasteiger partial charge >= 0.3 is 0 Å². The number of carbonyl (C=O) groups is 1. The number of benzene rings is 1. The Kier molecular flexibility index (Phi) is 6.37. The van der Waals surface area contributed by atoms with Crippen LogP contribution in [0.5, 0.6) is 11.5 Å². The van der Waals surface area contributed by atoms with Gasteiger partial charge in [-0.05, 0) is 48.7 Å². The molecule has 126 valence electrons. The summed E-state index contributed by atoms with van der Waals surface area (Å²) in [5.41, 5.74) is 2.63. The summed E-state index contributed by atoms with van der Waals surface area (Å²) in [5.74, 6) is 1.30. The van der Waals surface area contributed by atoms with Crippen molar-refractivity contribution < 1.29 is 14.3 Å². The van der Waals surface area contributed by atoms with Crippen molar-refractivity contribution in [3.05, 3.63) is 59.4 Å². The van der Waals surface area contributed by atoms with Crippen LogP contribution in [-0.2, 0) is 11.2 Å². The normalized spacial score (nSPS) is 11.0. The quantitative estimate of drug-likeness (QED) is 0.795. The van der Waals surface area contributed by atoms with Gasteiger partial charge < -0.3 is 14.8 Å². The third-order valence-electron chi connectivity index (χ3n) is 3.57. The van der Waals surface area contributed by atoms with Crippen molar-refractivity contribution in [2.24, 2.45) is 0 Å². The second-order valence-corrected chi connectivity index (χ2v) is 5.31. The maximum absolute atomic E-state index is 12.1. The van der Waals surface area contributed by atoms with E-state index in [2.05, 4.69) is 10.3 Å². The summed E-state index contributed by atoms with van der Waals surface area (Å²) in [6.07, 6.45) is 5.96. The van der Waals surface area contributed by atoms with Gasteiger partial charge in [0.2, 0.25) is 5.91 Å². The Hall–Kier alpha value is -2.82. The lowest BCUT2D eigenvalue weighted by Gasteiger charge is -2.10. The van der Waals surface area contributed by atoms with E-state index in [1.165, 1.54) is 0 Å². The zero-order valence-electron chi connectivity index (χ0n) is 14.2. The summed E-state index contributed by atoms with van der Waals surface area (Å²) < 4.78 is 10.5. The number of amides is 1. The highest BCUT2D eigenvalue weighted by Gasteiger charge is 2.06. The molecule has 0 aliphatic rings. The fraction of sp³-hybridized carbons (Fsp3) is 0.263. The van der Waals surface area contributed by atoms with E-state index in [-0.39, 0.29) is 5.91 Å². The fourth-order valence-electron chi connectivity index (χ4n) is 2.27. The van der Waals surface area contributed by atoms with Crippen LogP contribution in [0, 0.1) is 0 Å². The summed E-state index contributed by atoms with van der Waals surface area (Å²) in [4.78, 5) is 16.1. The Labute approximate surface area is 142 Å². The van der Waals surface area contributed by atoms with Crippen LogP contribution in [0.2, 0.25) is 0 Å². The number of nitrogens with one attached hydrogen (secondary N) is 1. The van der Waals surface area contributed by atoms with Crippen LogP contribution < -0.4 is 14.8 Å². The van der Waals surface area contributed by atoms with Crippen molar-refractivity contribution >= 4 is 12.0 Å². The maximum atomic E-state index is 12.1. The average Bonchev–Trinajstić information content (AvgIpc) is 2.62. The highest BCUT2D eigenvalue weighted by atomic mass is 16.5. The van der Waals surface area contributed by atoms with Gasteiger partial charge in [0.1, 0.15) is 0 Å². The molecular formula is C19H22N2O3. The lowest BCUT2D eigenvalue weighted by Crippen LogP contribution is -2.26. The lowest BCUT2D eigenvalue weighted by molar-refractivity contribution is -0.117. The van der Waals surface area contributed by atoms with Crippen LogP contribution in [-0.4, -0.2) is 31.7 Å². The van der Waals surface area contributed by atoms with Gasteiger partial charge in [-0.1, -0.05) is 12.1 Å². The predicted molar refractivity (Wildman–Crippen MR) is 94.1 cm³/mol. The number of ether oxygens (including phenoxy) is 2. The molecule has 0 bridgehead atoms. The molecule has 0 atom stereocenters. The SMILES string of the molecule is COc1ccc(CCNC(=O)C(C)=Cc2cccnc2)cc1OC. The van der Waals surface area contributed by atoms with Crippen molar-refractivity contribution in [3.63, 3.8) is 0 Å². The molecule has 0 radical (unpaired) electrons. The Morgan fingerprint density at radius 1 is 1.21 bits per heavy atom. The first-order valence-corrected chi connectivity index (χ1v) is 7.71. The minimum atomic E-state index is -0.0840. The second kappa shape index (κ2) is 8.72. The minimum absolute atomic E-state index is 0.0840. The average molecular weight is 326 g/mol. The van der Waals surface area contributed by atoms with Gasteiger partial charge in [0.05, 0.1) is 14.2 Å². The summed E-state index contributed by atoms with van der Waals surface area (Å²) in [7, 11) is 3.21. The molecule has 0 aliphatic carbocycles. The summed E-state index contributed by atoms with van der Waals surface area (Å²) in [5, 5.41) is 2.92. The number of hydrogen-bond donors (Lipinski definition) is 1. The summed E-state index contributed by atoms with van der Waals surface area (Å²) in [6, 6.07) is 9.50. The largest absolute Gasteiger partial charge is 0.493 e. The number of aromatic nitrogens is 1. The van der Waals surface area contributed by atoms with E-state index in [4.69, 9.17) is 9.47 Å². The standard InChI is InChI=1S/C19H22N2O3/c1-14(11-16-5-4-9-20-13-16)19(22)21-10-8-15-6-7-17(23-2)18(12-15)24-3/h4-7,9,11-13H,8,10H2,1-3H3,(H,21,22). The van der Waals surface area contributed by atoms with Crippen LogP contribution in [0.15, 0.2) is 48.3 Å². The molecule has 24 heavy (non-hydrogen) atoms. The summed E-state index contributed by atoms with van der Waals surface area (Å²) in [6.45, 7) is 2.34. The molecule has 5 nitrogen and oxygen atoms in total. The Morgan fingerprint density at radius 3 is 2.67 bits per heavy atom. The molecule has 1 N–H and O–H groups in total. The first-order valence-electron chi connectivity index (χ1n) is 7.71. The van der Waals surface area contributed by atoms with E-state index in [1.54, 1.807) is 33.5 Å². The van der Waals surface area contributed by atoms with Crippen molar-refractivity contribution in [2.45, 2.75) is 13.3 Å². The second-order valence-electron chi connectivity index (χ2n) is 5.31. The third kappa shape index (κ3) is 4.84. The minimum Gasteiger partial charge on any atom is -0.493 e. The number of rotatable bonds is 7. The van der Waals surface area contributed by atoms with Gasteiger partial charge in [0, 0.05) is 24.5 Å². The van der Waals surface area contributed by atoms with E-state index in [1.807, 2.05) is 36.4 Å². The third-order valence-corrected chi connectivity index (χ3v) is 3.57. The van der Waals surface area contributed by atoms with Crippen molar-refractivity contribution in [3.8, 4) is 11.5 Å².